The number of aromatic nitrogens is 2. The van der Waals surface area contributed by atoms with Gasteiger partial charge in [-0.2, -0.15) is 0 Å². The molecule has 2 aromatic rings. The smallest absolute Gasteiger partial charge is 0.271 e. The third-order valence-electron chi connectivity index (χ3n) is 7.70. The maximum absolute atomic E-state index is 13.8. The van der Waals surface area contributed by atoms with Gasteiger partial charge in [-0.15, -0.1) is 0 Å². The van der Waals surface area contributed by atoms with Crippen molar-refractivity contribution in [2.75, 3.05) is 7.05 Å². The van der Waals surface area contributed by atoms with Gasteiger partial charge >= 0.3 is 0 Å². The van der Waals surface area contributed by atoms with E-state index in [9.17, 15) is 9.59 Å². The van der Waals surface area contributed by atoms with Gasteiger partial charge in [0.2, 0.25) is 5.91 Å². The highest BCUT2D eigenvalue weighted by Crippen LogP contribution is 2.43. The number of rotatable bonds is 3. The number of benzene rings is 1. The van der Waals surface area contributed by atoms with E-state index in [1.54, 1.807) is 7.05 Å². The highest BCUT2D eigenvalue weighted by Gasteiger charge is 2.47. The normalized spacial score (nSPS) is 24.4. The molecule has 6 nitrogen and oxygen atoms in total. The first-order valence-electron chi connectivity index (χ1n) is 11.7. The quantitative estimate of drug-likeness (QED) is 0.821. The van der Waals surface area contributed by atoms with Gasteiger partial charge in [-0.3, -0.25) is 9.59 Å². The second-order valence-corrected chi connectivity index (χ2v) is 9.71. The average Bonchev–Trinajstić information content (AvgIpc) is 3.29. The van der Waals surface area contributed by atoms with Crippen molar-refractivity contribution in [1.82, 2.24) is 19.8 Å². The van der Waals surface area contributed by atoms with Gasteiger partial charge in [0.05, 0.1) is 11.7 Å². The monoisotopic (exact) mass is 420 g/mol. The first-order valence-corrected chi connectivity index (χ1v) is 11.7. The number of fused-ring (bicyclic) bond motifs is 3. The molecule has 0 radical (unpaired) electrons. The van der Waals surface area contributed by atoms with Gasteiger partial charge in [0, 0.05) is 37.0 Å². The van der Waals surface area contributed by atoms with Crippen LogP contribution in [0.3, 0.4) is 0 Å². The van der Waals surface area contributed by atoms with Crippen LogP contribution in [0.2, 0.25) is 0 Å². The molecule has 31 heavy (non-hydrogen) atoms. The first-order chi connectivity index (χ1) is 15.0. The highest BCUT2D eigenvalue weighted by molar-refractivity contribution is 5.94. The summed E-state index contributed by atoms with van der Waals surface area (Å²) in [4.78, 5) is 33.5. The van der Waals surface area contributed by atoms with Crippen LogP contribution in [0.15, 0.2) is 30.3 Å². The Morgan fingerprint density at radius 3 is 2.48 bits per heavy atom. The number of carbonyl (C=O) groups excluding carboxylic acids is 2. The van der Waals surface area contributed by atoms with Crippen LogP contribution >= 0.6 is 0 Å². The van der Waals surface area contributed by atoms with Crippen molar-refractivity contribution in [3.63, 3.8) is 0 Å². The Kier molecular flexibility index (Phi) is 5.11. The van der Waals surface area contributed by atoms with E-state index >= 15 is 0 Å². The molecule has 2 aliphatic heterocycles. The lowest BCUT2D eigenvalue weighted by atomic mass is 9.74. The molecule has 3 heterocycles. The molecule has 1 aromatic heterocycles. The summed E-state index contributed by atoms with van der Waals surface area (Å²) in [6.07, 6.45) is 8.24. The summed E-state index contributed by atoms with van der Waals surface area (Å²) in [5.74, 6) is 1.01. The Bertz CT molecular complexity index is 990. The fraction of sp³-hybridized carbons (Fsp3) is 0.560. The number of carbonyl (C=O) groups is 2. The van der Waals surface area contributed by atoms with E-state index in [-0.39, 0.29) is 23.4 Å². The number of imidazole rings is 1. The van der Waals surface area contributed by atoms with E-state index < -0.39 is 0 Å². The molecule has 1 saturated heterocycles. The predicted octanol–water partition coefficient (Wildman–Crippen LogP) is 3.80. The predicted molar refractivity (Wildman–Crippen MR) is 120 cm³/mol. The molecule has 2 fully saturated rings. The summed E-state index contributed by atoms with van der Waals surface area (Å²) in [7, 11) is 1.65. The van der Waals surface area contributed by atoms with Gasteiger partial charge < -0.3 is 14.8 Å². The fourth-order valence-corrected chi connectivity index (χ4v) is 5.96. The molecule has 3 aliphatic rings. The fourth-order valence-electron chi connectivity index (χ4n) is 5.96. The number of amides is 2. The van der Waals surface area contributed by atoms with Crippen LogP contribution in [0.4, 0.5) is 0 Å². The van der Waals surface area contributed by atoms with Crippen LogP contribution < -0.4 is 5.32 Å². The number of hydrogen-bond donors (Lipinski definition) is 1. The maximum Gasteiger partial charge on any atom is 0.271 e. The molecule has 1 saturated carbocycles. The van der Waals surface area contributed by atoms with Gasteiger partial charge in [-0.25, -0.2) is 4.98 Å². The van der Waals surface area contributed by atoms with Crippen molar-refractivity contribution < 1.29 is 9.59 Å². The summed E-state index contributed by atoms with van der Waals surface area (Å²) in [6, 6.07) is 10.4. The second kappa shape index (κ2) is 7.81. The number of nitrogens with zero attached hydrogens (tertiary/aromatic N) is 3. The average molecular weight is 421 g/mol. The SMILES string of the molecule is CNC(=O)c1nc(-c2ccccc2)n2c1C[C@@H]1CC[C@H](C2)N1C(=O)C1(C)CCCCC1. The summed E-state index contributed by atoms with van der Waals surface area (Å²) in [5, 5.41) is 2.76. The first kappa shape index (κ1) is 20.3. The molecule has 1 N–H and O–H groups in total. The zero-order valence-electron chi connectivity index (χ0n) is 18.6. The Balaban J connectivity index is 1.55. The summed E-state index contributed by atoms with van der Waals surface area (Å²) >= 11 is 0. The minimum atomic E-state index is -0.234. The van der Waals surface area contributed by atoms with Gasteiger partial charge in [0.1, 0.15) is 11.5 Å². The van der Waals surface area contributed by atoms with Crippen molar-refractivity contribution in [2.24, 2.45) is 5.41 Å². The number of nitrogens with one attached hydrogen (secondary N) is 1. The van der Waals surface area contributed by atoms with Crippen LogP contribution in [-0.2, 0) is 17.8 Å². The van der Waals surface area contributed by atoms with Crippen LogP contribution in [0.25, 0.3) is 11.4 Å². The molecule has 2 amide bonds. The van der Waals surface area contributed by atoms with E-state index in [4.69, 9.17) is 4.98 Å². The molecule has 2 bridgehead atoms. The third kappa shape index (κ3) is 3.36. The molecule has 164 valence electrons. The largest absolute Gasteiger partial charge is 0.354 e. The minimum Gasteiger partial charge on any atom is -0.354 e. The summed E-state index contributed by atoms with van der Waals surface area (Å²) < 4.78 is 2.22. The van der Waals surface area contributed by atoms with Gasteiger partial charge in [-0.1, -0.05) is 56.5 Å². The molecule has 1 aliphatic carbocycles. The third-order valence-corrected chi connectivity index (χ3v) is 7.70. The van der Waals surface area contributed by atoms with E-state index in [1.807, 2.05) is 30.3 Å². The van der Waals surface area contributed by atoms with Crippen LogP contribution in [0, 0.1) is 5.41 Å². The van der Waals surface area contributed by atoms with Crippen molar-refractivity contribution >= 4 is 11.8 Å². The van der Waals surface area contributed by atoms with Crippen molar-refractivity contribution in [2.45, 2.75) is 76.9 Å². The van der Waals surface area contributed by atoms with Crippen molar-refractivity contribution in [3.8, 4) is 11.4 Å². The Morgan fingerprint density at radius 1 is 1.06 bits per heavy atom. The Labute approximate surface area is 184 Å². The summed E-state index contributed by atoms with van der Waals surface area (Å²) in [5.41, 5.74) is 2.25. The van der Waals surface area contributed by atoms with Crippen LogP contribution in [0.5, 0.6) is 0 Å². The molecule has 2 atom stereocenters. The van der Waals surface area contributed by atoms with E-state index in [0.29, 0.717) is 24.6 Å². The molecule has 5 rings (SSSR count). The minimum absolute atomic E-state index is 0.152. The topological polar surface area (TPSA) is 67.2 Å². The summed E-state index contributed by atoms with van der Waals surface area (Å²) in [6.45, 7) is 2.88. The second-order valence-electron chi connectivity index (χ2n) is 9.71. The van der Waals surface area contributed by atoms with Gasteiger partial charge in [-0.05, 0) is 25.7 Å². The molecule has 6 heteroatoms. The van der Waals surface area contributed by atoms with Gasteiger partial charge in [0.25, 0.3) is 5.91 Å². The molecular formula is C25H32N4O2. The molecule has 0 unspecified atom stereocenters. The van der Waals surface area contributed by atoms with Crippen molar-refractivity contribution in [3.05, 3.63) is 41.7 Å². The molecule has 0 spiro atoms. The lowest BCUT2D eigenvalue weighted by Gasteiger charge is -2.39. The van der Waals surface area contributed by atoms with Crippen molar-refractivity contribution in [1.29, 1.82) is 0 Å². The zero-order valence-corrected chi connectivity index (χ0v) is 18.6. The standard InChI is InChI=1S/C25H32N4O2/c1-25(13-7-4-8-14-25)24(31)29-18-11-12-19(29)16-28-20(15-18)21(23(30)26-2)27-22(28)17-9-5-3-6-10-17/h3,5-6,9-10,18-19H,4,7-8,11-16H2,1-2H3,(H,26,30)/t18-,19+/m0/s1. The highest BCUT2D eigenvalue weighted by atomic mass is 16.2. The van der Waals surface area contributed by atoms with E-state index in [1.165, 1.54) is 6.42 Å². The molecule has 1 aromatic carbocycles. The Morgan fingerprint density at radius 2 is 1.77 bits per heavy atom. The lowest BCUT2D eigenvalue weighted by molar-refractivity contribution is -0.146. The van der Waals surface area contributed by atoms with E-state index in [2.05, 4.69) is 21.7 Å². The Hall–Kier alpha value is -2.63. The van der Waals surface area contributed by atoms with Crippen LogP contribution in [-0.4, -0.2) is 45.4 Å². The number of hydrogen-bond acceptors (Lipinski definition) is 3. The molecular weight excluding hydrogens is 388 g/mol. The lowest BCUT2D eigenvalue weighted by Crippen LogP contribution is -2.49. The zero-order chi connectivity index (χ0) is 21.6. The van der Waals surface area contributed by atoms with Gasteiger partial charge in [0.15, 0.2) is 0 Å². The van der Waals surface area contributed by atoms with Crippen LogP contribution in [0.1, 0.15) is 68.1 Å². The maximum atomic E-state index is 13.8. The van der Waals surface area contributed by atoms with E-state index in [0.717, 1.165) is 55.6 Å².